The molecule has 3 N–H and O–H groups in total. The number of imide groups is 1. The Labute approximate surface area is 183 Å². The van der Waals surface area contributed by atoms with Gasteiger partial charge in [0.1, 0.15) is 11.4 Å². The summed E-state index contributed by atoms with van der Waals surface area (Å²) in [5, 5.41) is 21.2. The van der Waals surface area contributed by atoms with Gasteiger partial charge in [-0.1, -0.05) is 0 Å². The van der Waals surface area contributed by atoms with Gasteiger partial charge in [-0.2, -0.15) is 24.8 Å². The number of rotatable bonds is 5. The Morgan fingerprint density at radius 2 is 2.13 bits per heavy atom. The third-order valence-electron chi connectivity index (χ3n) is 4.57. The van der Waals surface area contributed by atoms with Crippen molar-refractivity contribution in [3.05, 3.63) is 45.7 Å². The number of ether oxygens (including phenoxy) is 1. The molecule has 0 spiro atoms. The van der Waals surface area contributed by atoms with Gasteiger partial charge < -0.3 is 15.4 Å². The molecule has 1 aliphatic carbocycles. The smallest absolute Gasteiger partial charge is 0.327 e. The van der Waals surface area contributed by atoms with Crippen LogP contribution in [0.15, 0.2) is 34.6 Å². The second-order valence-corrected chi connectivity index (χ2v) is 7.76. The maximum Gasteiger partial charge on any atom is 0.327 e. The third kappa shape index (κ3) is 3.78. The predicted octanol–water partition coefficient (Wildman–Crippen LogP) is 2.31. The normalized spacial score (nSPS) is 16.8. The quantitative estimate of drug-likeness (QED) is 0.372. The van der Waals surface area contributed by atoms with Crippen LogP contribution in [0.1, 0.15) is 24.0 Å². The number of fused-ring (bicyclic) bond motifs is 1. The van der Waals surface area contributed by atoms with Crippen LogP contribution in [-0.4, -0.2) is 37.6 Å². The summed E-state index contributed by atoms with van der Waals surface area (Å²) in [6, 6.07) is 6.71. The van der Waals surface area contributed by atoms with Crippen molar-refractivity contribution in [1.29, 1.82) is 5.26 Å². The van der Waals surface area contributed by atoms with Crippen LogP contribution in [0.2, 0.25) is 0 Å². The number of amides is 3. The van der Waals surface area contributed by atoms with Crippen LogP contribution in [0, 0.1) is 11.3 Å². The van der Waals surface area contributed by atoms with Gasteiger partial charge in [0.15, 0.2) is 5.65 Å². The molecule has 2 aliphatic rings. The minimum Gasteiger partial charge on any atom is -0.423 e. The van der Waals surface area contributed by atoms with Gasteiger partial charge >= 0.3 is 12.0 Å². The van der Waals surface area contributed by atoms with Gasteiger partial charge in [0.05, 0.1) is 22.3 Å². The van der Waals surface area contributed by atoms with Crippen molar-refractivity contribution in [1.82, 2.24) is 30.2 Å². The van der Waals surface area contributed by atoms with Crippen LogP contribution in [0.5, 0.6) is 11.8 Å². The first-order chi connectivity index (χ1) is 15.0. The summed E-state index contributed by atoms with van der Waals surface area (Å²) >= 11 is 3.38. The zero-order chi connectivity index (χ0) is 21.5. The summed E-state index contributed by atoms with van der Waals surface area (Å²) in [5.74, 6) is 0.340. The highest BCUT2D eigenvalue weighted by atomic mass is 79.9. The highest BCUT2D eigenvalue weighted by molar-refractivity contribution is 9.10. The number of hydrogen-bond acceptors (Lipinski definition) is 8. The van der Waals surface area contributed by atoms with Crippen LogP contribution in [0.4, 0.5) is 10.7 Å². The Balaban J connectivity index is 1.57. The molecule has 31 heavy (non-hydrogen) atoms. The van der Waals surface area contributed by atoms with Crippen molar-refractivity contribution in [3.63, 3.8) is 0 Å². The van der Waals surface area contributed by atoms with Crippen molar-refractivity contribution in [2.45, 2.75) is 18.9 Å². The zero-order valence-electron chi connectivity index (χ0n) is 15.7. The molecule has 5 rings (SSSR count). The molecule has 0 bridgehead atoms. The Hall–Kier alpha value is -3.98. The number of nitrogens with zero attached hydrogens (tertiary/aromatic N) is 5. The van der Waals surface area contributed by atoms with Gasteiger partial charge in [0, 0.05) is 11.6 Å². The van der Waals surface area contributed by atoms with Gasteiger partial charge in [0.25, 0.3) is 5.91 Å². The lowest BCUT2D eigenvalue weighted by molar-refractivity contribution is -0.115. The zero-order valence-corrected chi connectivity index (χ0v) is 17.3. The molecule has 11 nitrogen and oxygen atoms in total. The second-order valence-electron chi connectivity index (χ2n) is 6.91. The molecule has 0 atom stereocenters. The monoisotopic (exact) mass is 480 g/mol. The minimum absolute atomic E-state index is 0.0566. The lowest BCUT2D eigenvalue weighted by Crippen LogP contribution is -2.22. The number of urea groups is 1. The molecule has 0 radical (unpaired) electrons. The number of benzene rings is 1. The fraction of sp³-hybridized carbons (Fsp3) is 0.158. The molecule has 12 heteroatoms. The number of halogens is 1. The van der Waals surface area contributed by atoms with Crippen molar-refractivity contribution in [2.24, 2.45) is 0 Å². The van der Waals surface area contributed by atoms with Gasteiger partial charge in [-0.25, -0.2) is 4.79 Å². The molecule has 1 saturated carbocycles. The SMILES string of the molecule is N#Cc1ccc(Oc2nc(NC3CC3)n3ncc(/C=C4\NC(=O)NC4=O)c3n2)c(Br)c1. The fourth-order valence-corrected chi connectivity index (χ4v) is 3.38. The second kappa shape index (κ2) is 7.37. The van der Waals surface area contributed by atoms with Crippen molar-refractivity contribution < 1.29 is 14.3 Å². The van der Waals surface area contributed by atoms with E-state index < -0.39 is 11.9 Å². The average molecular weight is 481 g/mol. The fourth-order valence-electron chi connectivity index (χ4n) is 2.92. The largest absolute Gasteiger partial charge is 0.423 e. The number of nitrogens with one attached hydrogen (secondary N) is 3. The molecule has 2 aromatic heterocycles. The number of anilines is 1. The molecule has 1 aliphatic heterocycles. The van der Waals surface area contributed by atoms with E-state index in [1.807, 2.05) is 0 Å². The van der Waals surface area contributed by atoms with Crippen LogP contribution in [0.25, 0.3) is 11.7 Å². The minimum atomic E-state index is -0.590. The van der Waals surface area contributed by atoms with E-state index >= 15 is 0 Å². The Morgan fingerprint density at radius 1 is 1.29 bits per heavy atom. The number of carbonyl (C=O) groups is 2. The highest BCUT2D eigenvalue weighted by Crippen LogP contribution is 2.31. The van der Waals surface area contributed by atoms with Gasteiger partial charge in [-0.05, 0) is 53.0 Å². The average Bonchev–Trinajstić information content (AvgIpc) is 3.38. The molecular weight excluding hydrogens is 468 g/mol. The van der Waals surface area contributed by atoms with Crippen molar-refractivity contribution >= 4 is 45.5 Å². The first kappa shape index (κ1) is 19.0. The van der Waals surface area contributed by atoms with Crippen LogP contribution in [0.3, 0.4) is 0 Å². The third-order valence-corrected chi connectivity index (χ3v) is 5.19. The molecular formula is C19H13BrN8O3. The van der Waals surface area contributed by atoms with E-state index in [4.69, 9.17) is 10.00 Å². The van der Waals surface area contributed by atoms with E-state index in [0.29, 0.717) is 39.0 Å². The van der Waals surface area contributed by atoms with E-state index in [-0.39, 0.29) is 11.7 Å². The van der Waals surface area contributed by atoms with Gasteiger partial charge in [-0.3, -0.25) is 10.1 Å². The summed E-state index contributed by atoms with van der Waals surface area (Å²) in [4.78, 5) is 32.1. The Bertz CT molecular complexity index is 1320. The number of carbonyl (C=O) groups excluding carboxylic acids is 2. The standard InChI is InChI=1S/C19H13BrN8O3/c20-12-5-9(7-21)1-4-14(12)31-19-25-15-10(6-13-16(29)26-18(30)24-13)8-22-28(15)17(27-19)23-11-2-3-11/h1,4-6,8,11H,2-3H2,(H,23,25,27)(H2,24,26,29,30)/b13-6-. The molecule has 154 valence electrons. The molecule has 3 aromatic rings. The first-order valence-electron chi connectivity index (χ1n) is 9.24. The van der Waals surface area contributed by atoms with Crippen molar-refractivity contribution in [3.8, 4) is 17.8 Å². The number of hydrogen-bond donors (Lipinski definition) is 3. The molecule has 1 aromatic carbocycles. The van der Waals surface area contributed by atoms with E-state index in [0.717, 1.165) is 12.8 Å². The van der Waals surface area contributed by atoms with Gasteiger partial charge in [0.2, 0.25) is 5.95 Å². The van der Waals surface area contributed by atoms with E-state index in [2.05, 4.69) is 53.0 Å². The summed E-state index contributed by atoms with van der Waals surface area (Å²) in [6.45, 7) is 0. The topological polar surface area (TPSA) is 146 Å². The van der Waals surface area contributed by atoms with Gasteiger partial charge in [-0.15, -0.1) is 0 Å². The maximum absolute atomic E-state index is 11.9. The molecule has 3 heterocycles. The van der Waals surface area contributed by atoms with E-state index in [1.54, 1.807) is 18.2 Å². The maximum atomic E-state index is 11.9. The highest BCUT2D eigenvalue weighted by Gasteiger charge is 2.26. The summed E-state index contributed by atoms with van der Waals surface area (Å²) < 4.78 is 7.95. The molecule has 2 fully saturated rings. The van der Waals surface area contributed by atoms with E-state index in [1.165, 1.54) is 16.8 Å². The Kier molecular flexibility index (Phi) is 4.52. The number of nitriles is 1. The molecule has 1 saturated heterocycles. The summed E-state index contributed by atoms with van der Waals surface area (Å²) in [5.41, 5.74) is 1.46. The predicted molar refractivity (Wildman–Crippen MR) is 111 cm³/mol. The van der Waals surface area contributed by atoms with E-state index in [9.17, 15) is 9.59 Å². The van der Waals surface area contributed by atoms with Crippen LogP contribution in [-0.2, 0) is 4.79 Å². The number of aromatic nitrogens is 4. The molecule has 0 unspecified atom stereocenters. The first-order valence-corrected chi connectivity index (χ1v) is 10.0. The van der Waals surface area contributed by atoms with Crippen LogP contribution >= 0.6 is 15.9 Å². The summed E-state index contributed by atoms with van der Waals surface area (Å²) in [6.07, 6.45) is 5.05. The van der Waals surface area contributed by atoms with Crippen LogP contribution < -0.4 is 20.7 Å². The summed E-state index contributed by atoms with van der Waals surface area (Å²) in [7, 11) is 0. The Morgan fingerprint density at radius 3 is 2.81 bits per heavy atom. The van der Waals surface area contributed by atoms with Crippen molar-refractivity contribution in [2.75, 3.05) is 5.32 Å². The lowest BCUT2D eigenvalue weighted by atomic mass is 10.2. The molecule has 3 amide bonds. The lowest BCUT2D eigenvalue weighted by Gasteiger charge is -2.10.